The highest BCUT2D eigenvalue weighted by molar-refractivity contribution is 6.10. The number of ether oxygens (including phenoxy) is 1. The second kappa shape index (κ2) is 3.67. The molecule has 0 saturated carbocycles. The standard InChI is InChI=1S/C15H11O2/c1-17-15-8-10-4-2-3-5-12(10)14-9-11(16)6-7-13(14)15/h2-3,5-9,16H,1H3. The minimum Gasteiger partial charge on any atom is -0.508 e. The van der Waals surface area contributed by atoms with Crippen molar-refractivity contribution in [2.75, 3.05) is 7.11 Å². The summed E-state index contributed by atoms with van der Waals surface area (Å²) in [7, 11) is 1.65. The van der Waals surface area contributed by atoms with E-state index in [1.807, 2.05) is 30.3 Å². The van der Waals surface area contributed by atoms with Crippen LogP contribution >= 0.6 is 0 Å². The molecule has 0 atom stereocenters. The Morgan fingerprint density at radius 2 is 1.94 bits per heavy atom. The number of methoxy groups -OCH3 is 1. The summed E-state index contributed by atoms with van der Waals surface area (Å²) in [6, 6.07) is 16.3. The Morgan fingerprint density at radius 1 is 1.06 bits per heavy atom. The van der Waals surface area contributed by atoms with Crippen molar-refractivity contribution in [2.24, 2.45) is 0 Å². The maximum atomic E-state index is 9.60. The fourth-order valence-corrected chi connectivity index (χ4v) is 2.15. The SMILES string of the molecule is COc1cc2[c]cccc2c2cc(O)ccc12. The van der Waals surface area contributed by atoms with Crippen LogP contribution < -0.4 is 4.74 Å². The van der Waals surface area contributed by atoms with Crippen molar-refractivity contribution < 1.29 is 9.84 Å². The van der Waals surface area contributed by atoms with Crippen LogP contribution in [-0.4, -0.2) is 12.2 Å². The van der Waals surface area contributed by atoms with Gasteiger partial charge in [-0.2, -0.15) is 0 Å². The normalized spacial score (nSPS) is 10.9. The third-order valence-electron chi connectivity index (χ3n) is 2.94. The Morgan fingerprint density at radius 3 is 2.76 bits per heavy atom. The number of benzene rings is 3. The van der Waals surface area contributed by atoms with Gasteiger partial charge in [0.25, 0.3) is 0 Å². The summed E-state index contributed by atoms with van der Waals surface area (Å²) >= 11 is 0. The zero-order valence-electron chi connectivity index (χ0n) is 9.40. The zero-order valence-corrected chi connectivity index (χ0v) is 9.40. The maximum Gasteiger partial charge on any atom is 0.127 e. The fraction of sp³-hybridized carbons (Fsp3) is 0.0667. The Hall–Kier alpha value is -2.22. The average molecular weight is 223 g/mol. The molecule has 0 unspecified atom stereocenters. The van der Waals surface area contributed by atoms with E-state index in [1.165, 1.54) is 0 Å². The van der Waals surface area contributed by atoms with Gasteiger partial charge in [0.05, 0.1) is 7.11 Å². The molecule has 0 aliphatic heterocycles. The number of aromatic hydroxyl groups is 1. The third-order valence-corrected chi connectivity index (χ3v) is 2.94. The zero-order chi connectivity index (χ0) is 11.8. The smallest absolute Gasteiger partial charge is 0.127 e. The lowest BCUT2D eigenvalue weighted by molar-refractivity contribution is 0.420. The lowest BCUT2D eigenvalue weighted by Crippen LogP contribution is -1.86. The van der Waals surface area contributed by atoms with Crippen LogP contribution in [0.25, 0.3) is 21.5 Å². The number of hydrogen-bond donors (Lipinski definition) is 1. The first kappa shape index (κ1) is 9.97. The lowest BCUT2D eigenvalue weighted by Gasteiger charge is -2.09. The Labute approximate surface area is 99.1 Å². The van der Waals surface area contributed by atoms with E-state index >= 15 is 0 Å². The monoisotopic (exact) mass is 223 g/mol. The van der Waals surface area contributed by atoms with Crippen LogP contribution in [0.4, 0.5) is 0 Å². The van der Waals surface area contributed by atoms with Gasteiger partial charge in [0.15, 0.2) is 0 Å². The summed E-state index contributed by atoms with van der Waals surface area (Å²) in [5.41, 5.74) is 0. The number of rotatable bonds is 1. The van der Waals surface area contributed by atoms with Crippen molar-refractivity contribution in [3.63, 3.8) is 0 Å². The molecule has 0 amide bonds. The quantitative estimate of drug-likeness (QED) is 0.640. The van der Waals surface area contributed by atoms with Gasteiger partial charge in [0.1, 0.15) is 11.5 Å². The highest BCUT2D eigenvalue weighted by atomic mass is 16.5. The van der Waals surface area contributed by atoms with Crippen LogP contribution in [0.1, 0.15) is 0 Å². The minimum atomic E-state index is 0.260. The molecule has 0 fully saturated rings. The summed E-state index contributed by atoms with van der Waals surface area (Å²) in [5.74, 6) is 1.06. The Balaban J connectivity index is 2.56. The fourth-order valence-electron chi connectivity index (χ4n) is 2.15. The van der Waals surface area contributed by atoms with E-state index in [1.54, 1.807) is 19.2 Å². The first-order chi connectivity index (χ1) is 8.29. The van der Waals surface area contributed by atoms with Crippen LogP contribution in [0.3, 0.4) is 0 Å². The van der Waals surface area contributed by atoms with Crippen molar-refractivity contribution in [2.45, 2.75) is 0 Å². The molecule has 83 valence electrons. The highest BCUT2D eigenvalue weighted by Gasteiger charge is 2.07. The van der Waals surface area contributed by atoms with Gasteiger partial charge in [-0.1, -0.05) is 18.2 Å². The summed E-state index contributed by atoms with van der Waals surface area (Å²) in [5, 5.41) is 13.6. The first-order valence-corrected chi connectivity index (χ1v) is 5.40. The molecule has 2 nitrogen and oxygen atoms in total. The van der Waals surface area contributed by atoms with Gasteiger partial charge in [-0.3, -0.25) is 0 Å². The van der Waals surface area contributed by atoms with Crippen molar-refractivity contribution in [1.82, 2.24) is 0 Å². The summed E-state index contributed by atoms with van der Waals surface area (Å²) in [6.07, 6.45) is 0. The highest BCUT2D eigenvalue weighted by Crippen LogP contribution is 2.34. The summed E-state index contributed by atoms with van der Waals surface area (Å²) in [4.78, 5) is 0. The molecule has 3 rings (SSSR count). The molecule has 3 aromatic rings. The van der Waals surface area contributed by atoms with E-state index in [9.17, 15) is 5.11 Å². The summed E-state index contributed by atoms with van der Waals surface area (Å²) < 4.78 is 5.37. The second-order valence-electron chi connectivity index (χ2n) is 3.94. The molecule has 0 aromatic heterocycles. The number of hydrogen-bond acceptors (Lipinski definition) is 2. The van der Waals surface area contributed by atoms with Gasteiger partial charge >= 0.3 is 0 Å². The van der Waals surface area contributed by atoms with Crippen LogP contribution in [0.2, 0.25) is 0 Å². The predicted molar refractivity (Wildman–Crippen MR) is 68.5 cm³/mol. The Bertz CT molecular complexity index is 702. The van der Waals surface area contributed by atoms with Gasteiger partial charge in [-0.05, 0) is 46.5 Å². The van der Waals surface area contributed by atoms with Crippen molar-refractivity contribution in [1.29, 1.82) is 0 Å². The molecule has 3 aromatic carbocycles. The minimum absolute atomic E-state index is 0.260. The molecule has 0 aliphatic rings. The second-order valence-corrected chi connectivity index (χ2v) is 3.94. The van der Waals surface area contributed by atoms with E-state index in [2.05, 4.69) is 6.07 Å². The largest absolute Gasteiger partial charge is 0.508 e. The summed E-state index contributed by atoms with van der Waals surface area (Å²) in [6.45, 7) is 0. The first-order valence-electron chi connectivity index (χ1n) is 5.40. The van der Waals surface area contributed by atoms with E-state index in [0.29, 0.717) is 0 Å². The van der Waals surface area contributed by atoms with Gasteiger partial charge < -0.3 is 9.84 Å². The number of phenols is 1. The predicted octanol–water partition coefficient (Wildman–Crippen LogP) is 3.51. The van der Waals surface area contributed by atoms with Crippen molar-refractivity contribution in [3.05, 3.63) is 48.5 Å². The van der Waals surface area contributed by atoms with Crippen LogP contribution in [0.5, 0.6) is 11.5 Å². The molecule has 0 spiro atoms. The molecule has 17 heavy (non-hydrogen) atoms. The van der Waals surface area contributed by atoms with Gasteiger partial charge in [0.2, 0.25) is 0 Å². The van der Waals surface area contributed by atoms with Crippen molar-refractivity contribution in [3.8, 4) is 11.5 Å². The lowest BCUT2D eigenvalue weighted by atomic mass is 10.0. The molecule has 2 heteroatoms. The van der Waals surface area contributed by atoms with E-state index in [-0.39, 0.29) is 5.75 Å². The number of phenolic OH excluding ortho intramolecular Hbond substituents is 1. The van der Waals surface area contributed by atoms with E-state index in [4.69, 9.17) is 4.74 Å². The van der Waals surface area contributed by atoms with Crippen molar-refractivity contribution >= 4 is 21.5 Å². The van der Waals surface area contributed by atoms with E-state index < -0.39 is 0 Å². The molecule has 0 bridgehead atoms. The molecular weight excluding hydrogens is 212 g/mol. The topological polar surface area (TPSA) is 29.5 Å². The average Bonchev–Trinajstić information content (AvgIpc) is 2.37. The molecule has 1 radical (unpaired) electrons. The maximum absolute atomic E-state index is 9.60. The number of fused-ring (bicyclic) bond motifs is 3. The van der Waals surface area contributed by atoms with Gasteiger partial charge in [-0.25, -0.2) is 0 Å². The molecule has 0 heterocycles. The van der Waals surface area contributed by atoms with Crippen LogP contribution in [0, 0.1) is 6.07 Å². The Kier molecular flexibility index (Phi) is 2.15. The van der Waals surface area contributed by atoms with Crippen LogP contribution in [0.15, 0.2) is 42.5 Å². The third kappa shape index (κ3) is 1.49. The van der Waals surface area contributed by atoms with Crippen LogP contribution in [-0.2, 0) is 0 Å². The molecule has 0 saturated heterocycles. The molecular formula is C15H11O2. The molecule has 0 aliphatic carbocycles. The molecule has 1 N–H and O–H groups in total. The van der Waals surface area contributed by atoms with Gasteiger partial charge in [0, 0.05) is 5.39 Å². The van der Waals surface area contributed by atoms with E-state index in [0.717, 1.165) is 27.3 Å². The van der Waals surface area contributed by atoms with Gasteiger partial charge in [-0.15, -0.1) is 0 Å².